The molecule has 148 valence electrons. The van der Waals surface area contributed by atoms with E-state index in [1.54, 1.807) is 24.3 Å². The molecule has 3 saturated heterocycles. The lowest BCUT2D eigenvalue weighted by Crippen LogP contribution is -2.51. The Balaban J connectivity index is 1.71. The highest BCUT2D eigenvalue weighted by atomic mass is 32.2. The van der Waals surface area contributed by atoms with Gasteiger partial charge in [0.2, 0.25) is 15.9 Å². The third-order valence-electron chi connectivity index (χ3n) is 5.94. The fraction of sp³-hybridized carbons (Fsp3) is 0.632. The van der Waals surface area contributed by atoms with Gasteiger partial charge >= 0.3 is 0 Å². The number of ether oxygens (including phenoxy) is 2. The molecule has 3 aliphatic rings. The van der Waals surface area contributed by atoms with E-state index in [0.717, 1.165) is 0 Å². The minimum absolute atomic E-state index is 0.000801. The molecule has 0 saturated carbocycles. The van der Waals surface area contributed by atoms with Crippen molar-refractivity contribution in [3.8, 4) is 5.75 Å². The zero-order chi connectivity index (χ0) is 19.4. The van der Waals surface area contributed by atoms with E-state index in [2.05, 4.69) is 13.8 Å². The van der Waals surface area contributed by atoms with E-state index < -0.39 is 21.8 Å². The van der Waals surface area contributed by atoms with Crippen LogP contribution in [0.1, 0.15) is 33.6 Å². The summed E-state index contributed by atoms with van der Waals surface area (Å²) in [6.07, 6.45) is 0.669. The van der Waals surface area contributed by atoms with Crippen LogP contribution in [-0.4, -0.2) is 61.1 Å². The molecule has 0 aliphatic carbocycles. The van der Waals surface area contributed by atoms with Crippen LogP contribution in [0.25, 0.3) is 0 Å². The maximum atomic E-state index is 13.4. The molecule has 1 aromatic rings. The van der Waals surface area contributed by atoms with Crippen molar-refractivity contribution >= 4 is 15.9 Å². The van der Waals surface area contributed by atoms with Crippen LogP contribution in [0.3, 0.4) is 0 Å². The Morgan fingerprint density at radius 1 is 1.33 bits per heavy atom. The third kappa shape index (κ3) is 2.61. The van der Waals surface area contributed by atoms with Crippen LogP contribution in [0, 0.1) is 5.92 Å². The van der Waals surface area contributed by atoms with Gasteiger partial charge in [-0.1, -0.05) is 26.0 Å². The van der Waals surface area contributed by atoms with Gasteiger partial charge in [-0.3, -0.25) is 4.79 Å². The van der Waals surface area contributed by atoms with Crippen molar-refractivity contribution in [3.05, 3.63) is 24.3 Å². The topological polar surface area (TPSA) is 76.2 Å². The Kier molecular flexibility index (Phi) is 4.48. The number of rotatable bonds is 5. The standard InChI is InChI=1S/C19H26N2O5S/c1-4-25-15-7-5-6-8-16(15)27(23,24)20-10-9-19-17(20)11-18(22)21(19)14(12-26-19)13(2)3/h5-8,13-14,17H,4,9-12H2,1-3H3/t14-,17+,19-/m0/s1. The Bertz CT molecular complexity index is 855. The summed E-state index contributed by atoms with van der Waals surface area (Å²) < 4.78 is 40.0. The number of benzene rings is 1. The number of carbonyl (C=O) groups is 1. The summed E-state index contributed by atoms with van der Waals surface area (Å²) in [4.78, 5) is 14.7. The predicted octanol–water partition coefficient (Wildman–Crippen LogP) is 1.83. The van der Waals surface area contributed by atoms with E-state index in [9.17, 15) is 13.2 Å². The zero-order valence-electron chi connectivity index (χ0n) is 15.9. The molecule has 0 unspecified atom stereocenters. The molecule has 4 rings (SSSR count). The number of hydrogen-bond donors (Lipinski definition) is 0. The second-order valence-corrected chi connectivity index (χ2v) is 9.56. The van der Waals surface area contributed by atoms with Crippen LogP contribution in [0.15, 0.2) is 29.2 Å². The lowest BCUT2D eigenvalue weighted by atomic mass is 10.0. The SMILES string of the molecule is CCOc1ccccc1S(=O)(=O)N1CC[C@@]23OC[C@@H](C(C)C)N2C(=O)C[C@@H]13. The van der Waals surface area contributed by atoms with E-state index in [1.165, 1.54) is 4.31 Å². The normalized spacial score (nSPS) is 30.8. The summed E-state index contributed by atoms with van der Waals surface area (Å²) in [6, 6.07) is 6.17. The van der Waals surface area contributed by atoms with Crippen LogP contribution in [0.4, 0.5) is 0 Å². The van der Waals surface area contributed by atoms with Gasteiger partial charge < -0.3 is 14.4 Å². The van der Waals surface area contributed by atoms with Crippen LogP contribution < -0.4 is 4.74 Å². The molecule has 1 spiro atoms. The maximum Gasteiger partial charge on any atom is 0.247 e. The smallest absolute Gasteiger partial charge is 0.247 e. The Morgan fingerprint density at radius 3 is 2.78 bits per heavy atom. The van der Waals surface area contributed by atoms with Crippen molar-refractivity contribution in [2.24, 2.45) is 5.92 Å². The molecule has 1 amide bonds. The summed E-state index contributed by atoms with van der Waals surface area (Å²) in [5.41, 5.74) is -0.820. The quantitative estimate of drug-likeness (QED) is 0.762. The molecule has 3 fully saturated rings. The van der Waals surface area contributed by atoms with E-state index in [1.807, 2.05) is 11.8 Å². The molecule has 1 aromatic carbocycles. The fourth-order valence-corrected chi connectivity index (χ4v) is 6.48. The molecule has 8 heteroatoms. The van der Waals surface area contributed by atoms with Crippen LogP contribution in [0.5, 0.6) is 5.75 Å². The number of sulfonamides is 1. The number of hydrogen-bond acceptors (Lipinski definition) is 5. The van der Waals surface area contributed by atoms with E-state index in [-0.39, 0.29) is 29.2 Å². The minimum Gasteiger partial charge on any atom is -0.492 e. The van der Waals surface area contributed by atoms with Gasteiger partial charge in [-0.15, -0.1) is 0 Å². The second kappa shape index (κ2) is 6.46. The Morgan fingerprint density at radius 2 is 2.07 bits per heavy atom. The lowest BCUT2D eigenvalue weighted by molar-refractivity contribution is -0.139. The summed E-state index contributed by atoms with van der Waals surface area (Å²) in [7, 11) is -3.80. The van der Waals surface area contributed by atoms with Crippen LogP contribution >= 0.6 is 0 Å². The first-order valence-corrected chi connectivity index (χ1v) is 11.0. The average molecular weight is 394 g/mol. The molecule has 0 bridgehead atoms. The molecule has 3 heterocycles. The summed E-state index contributed by atoms with van der Waals surface area (Å²) in [5.74, 6) is 0.583. The third-order valence-corrected chi connectivity index (χ3v) is 7.89. The first kappa shape index (κ1) is 18.7. The van der Waals surface area contributed by atoms with E-state index in [4.69, 9.17) is 9.47 Å². The lowest BCUT2D eigenvalue weighted by Gasteiger charge is -2.34. The Hall–Kier alpha value is -1.64. The molecule has 3 atom stereocenters. The maximum absolute atomic E-state index is 13.4. The van der Waals surface area contributed by atoms with Gasteiger partial charge in [0.15, 0.2) is 5.72 Å². The van der Waals surface area contributed by atoms with Crippen molar-refractivity contribution in [1.29, 1.82) is 0 Å². The van der Waals surface area contributed by atoms with Gasteiger partial charge in [-0.05, 0) is 25.0 Å². The van der Waals surface area contributed by atoms with Gasteiger partial charge in [0.1, 0.15) is 10.6 Å². The summed E-state index contributed by atoms with van der Waals surface area (Å²) in [6.45, 7) is 7.13. The molecule has 3 aliphatic heterocycles. The highest BCUT2D eigenvalue weighted by Crippen LogP contribution is 2.50. The highest BCUT2D eigenvalue weighted by Gasteiger charge is 2.66. The van der Waals surface area contributed by atoms with Crippen molar-refractivity contribution in [2.75, 3.05) is 19.8 Å². The molecule has 27 heavy (non-hydrogen) atoms. The van der Waals surface area contributed by atoms with Crippen LogP contribution in [-0.2, 0) is 19.6 Å². The average Bonchev–Trinajstić information content (AvgIpc) is 3.25. The summed E-state index contributed by atoms with van der Waals surface area (Å²) in [5, 5.41) is 0. The van der Waals surface area contributed by atoms with Crippen molar-refractivity contribution in [1.82, 2.24) is 9.21 Å². The minimum atomic E-state index is -3.80. The van der Waals surface area contributed by atoms with Gasteiger partial charge in [0, 0.05) is 19.4 Å². The molecule has 0 aromatic heterocycles. The molecule has 0 radical (unpaired) electrons. The van der Waals surface area contributed by atoms with E-state index >= 15 is 0 Å². The molecular weight excluding hydrogens is 368 g/mol. The van der Waals surface area contributed by atoms with E-state index in [0.29, 0.717) is 31.9 Å². The molecule has 0 N–H and O–H groups in total. The van der Waals surface area contributed by atoms with Crippen LogP contribution in [0.2, 0.25) is 0 Å². The van der Waals surface area contributed by atoms with Crippen molar-refractivity contribution < 1.29 is 22.7 Å². The first-order chi connectivity index (χ1) is 12.8. The number of amides is 1. The summed E-state index contributed by atoms with van der Waals surface area (Å²) >= 11 is 0. The predicted molar refractivity (Wildman–Crippen MR) is 98.7 cm³/mol. The number of carbonyl (C=O) groups excluding carboxylic acids is 1. The van der Waals surface area contributed by atoms with Gasteiger partial charge in [-0.25, -0.2) is 8.42 Å². The number of para-hydroxylation sites is 1. The number of nitrogens with zero attached hydrogens (tertiary/aromatic N) is 2. The van der Waals surface area contributed by atoms with Gasteiger partial charge in [-0.2, -0.15) is 4.31 Å². The molecule has 7 nitrogen and oxygen atoms in total. The van der Waals surface area contributed by atoms with Crippen molar-refractivity contribution in [2.45, 2.75) is 56.3 Å². The molecular formula is C19H26N2O5S. The van der Waals surface area contributed by atoms with Gasteiger partial charge in [0.25, 0.3) is 0 Å². The van der Waals surface area contributed by atoms with Crippen molar-refractivity contribution in [3.63, 3.8) is 0 Å². The largest absolute Gasteiger partial charge is 0.492 e. The highest BCUT2D eigenvalue weighted by molar-refractivity contribution is 7.89. The monoisotopic (exact) mass is 394 g/mol. The fourth-order valence-electron chi connectivity index (χ4n) is 4.69. The van der Waals surface area contributed by atoms with Gasteiger partial charge in [0.05, 0.1) is 25.3 Å². The first-order valence-electron chi connectivity index (χ1n) is 9.52. The second-order valence-electron chi connectivity index (χ2n) is 7.70. The Labute approximate surface area is 160 Å². The zero-order valence-corrected chi connectivity index (χ0v) is 16.7.